The van der Waals surface area contributed by atoms with E-state index in [1.54, 1.807) is 0 Å². The maximum Gasteiger partial charge on any atom is 0.200 e. The monoisotopic (exact) mass is 328 g/mol. The van der Waals surface area contributed by atoms with E-state index in [2.05, 4.69) is 37.6 Å². The normalized spacial score (nSPS) is 9.95. The molecule has 9 heteroatoms. The lowest BCUT2D eigenvalue weighted by molar-refractivity contribution is 0.636. The van der Waals surface area contributed by atoms with Crippen LogP contribution in [0.1, 0.15) is 11.1 Å². The molecule has 0 amide bonds. The average Bonchev–Trinajstić information content (AvgIpc) is 2.27. The summed E-state index contributed by atoms with van der Waals surface area (Å²) < 4.78 is 0.939. The number of hydrazine groups is 2. The highest BCUT2D eigenvalue weighted by molar-refractivity contribution is 9.10. The van der Waals surface area contributed by atoms with E-state index < -0.39 is 0 Å². The molecule has 0 atom stereocenters. The SMILES string of the molecule is N=C(N)NNCc1cc(Br)cc(CNNC(=N)N)c1. The van der Waals surface area contributed by atoms with E-state index >= 15 is 0 Å². The van der Waals surface area contributed by atoms with Crippen LogP contribution < -0.4 is 33.2 Å². The Hall–Kier alpha value is -1.84. The number of hydrogen-bond acceptors (Lipinski definition) is 4. The molecule has 0 bridgehead atoms. The first kappa shape index (κ1) is 15.2. The molecule has 0 unspecified atom stereocenters. The molecule has 0 aliphatic rings. The number of halogens is 1. The Morgan fingerprint density at radius 1 is 0.947 bits per heavy atom. The molecule has 0 aliphatic carbocycles. The molecule has 0 heterocycles. The highest BCUT2D eigenvalue weighted by Gasteiger charge is 2.00. The van der Waals surface area contributed by atoms with Crippen LogP contribution in [0.15, 0.2) is 22.7 Å². The van der Waals surface area contributed by atoms with Crippen molar-refractivity contribution in [3.05, 3.63) is 33.8 Å². The summed E-state index contributed by atoms with van der Waals surface area (Å²) in [5.41, 5.74) is 23.0. The van der Waals surface area contributed by atoms with Gasteiger partial charge in [0.15, 0.2) is 11.9 Å². The van der Waals surface area contributed by atoms with Gasteiger partial charge in [0, 0.05) is 17.6 Å². The van der Waals surface area contributed by atoms with Crippen molar-refractivity contribution in [1.82, 2.24) is 21.7 Å². The van der Waals surface area contributed by atoms with Crippen molar-refractivity contribution in [2.75, 3.05) is 0 Å². The number of benzene rings is 1. The third kappa shape index (κ3) is 6.60. The van der Waals surface area contributed by atoms with Gasteiger partial charge in [-0.2, -0.15) is 0 Å². The van der Waals surface area contributed by atoms with Crippen molar-refractivity contribution in [3.8, 4) is 0 Å². The molecule has 0 aliphatic heterocycles. The largest absolute Gasteiger partial charge is 0.369 e. The van der Waals surface area contributed by atoms with Crippen LogP contribution in [0, 0.1) is 10.8 Å². The van der Waals surface area contributed by atoms with Gasteiger partial charge in [0.25, 0.3) is 0 Å². The molecule has 10 N–H and O–H groups in total. The first-order valence-corrected chi connectivity index (χ1v) is 6.21. The van der Waals surface area contributed by atoms with Gasteiger partial charge in [-0.1, -0.05) is 22.0 Å². The number of rotatable bonds is 6. The molecule has 0 fully saturated rings. The lowest BCUT2D eigenvalue weighted by Gasteiger charge is -2.10. The summed E-state index contributed by atoms with van der Waals surface area (Å²) >= 11 is 3.42. The second-order valence-electron chi connectivity index (χ2n) is 3.75. The highest BCUT2D eigenvalue weighted by Crippen LogP contribution is 2.15. The average molecular weight is 329 g/mol. The number of hydrogen-bond donors (Lipinski definition) is 8. The molecular formula is C10H17BrN8. The van der Waals surface area contributed by atoms with Gasteiger partial charge in [-0.05, 0) is 23.3 Å². The molecular weight excluding hydrogens is 312 g/mol. The van der Waals surface area contributed by atoms with Gasteiger partial charge in [-0.25, -0.2) is 10.9 Å². The van der Waals surface area contributed by atoms with Crippen LogP contribution in [-0.4, -0.2) is 11.9 Å². The maximum atomic E-state index is 7.02. The van der Waals surface area contributed by atoms with Gasteiger partial charge in [-0.15, -0.1) is 0 Å². The number of guanidine groups is 2. The number of nitrogens with one attached hydrogen (secondary N) is 6. The van der Waals surface area contributed by atoms with E-state index in [0.717, 1.165) is 15.6 Å². The van der Waals surface area contributed by atoms with Gasteiger partial charge in [0.2, 0.25) is 0 Å². The molecule has 0 saturated heterocycles. The Morgan fingerprint density at radius 2 is 1.37 bits per heavy atom. The van der Waals surface area contributed by atoms with Crippen LogP contribution in [0.2, 0.25) is 0 Å². The summed E-state index contributed by atoms with van der Waals surface area (Å²) in [5, 5.41) is 14.0. The van der Waals surface area contributed by atoms with E-state index in [-0.39, 0.29) is 11.9 Å². The fourth-order valence-electron chi connectivity index (χ4n) is 1.40. The van der Waals surface area contributed by atoms with Gasteiger partial charge >= 0.3 is 0 Å². The fourth-order valence-corrected chi connectivity index (χ4v) is 1.99. The quantitative estimate of drug-likeness (QED) is 0.199. The van der Waals surface area contributed by atoms with Crippen molar-refractivity contribution in [3.63, 3.8) is 0 Å². The topological polar surface area (TPSA) is 148 Å². The molecule has 0 saturated carbocycles. The molecule has 0 radical (unpaired) electrons. The van der Waals surface area contributed by atoms with Crippen molar-refractivity contribution in [2.24, 2.45) is 11.5 Å². The van der Waals surface area contributed by atoms with Crippen molar-refractivity contribution < 1.29 is 0 Å². The van der Waals surface area contributed by atoms with Crippen molar-refractivity contribution in [1.29, 1.82) is 10.8 Å². The van der Waals surface area contributed by atoms with Crippen LogP contribution in [-0.2, 0) is 13.1 Å². The first-order chi connectivity index (χ1) is 8.97. The molecule has 8 nitrogen and oxygen atoms in total. The van der Waals surface area contributed by atoms with Gasteiger partial charge in [-0.3, -0.25) is 21.7 Å². The van der Waals surface area contributed by atoms with Crippen LogP contribution in [0.4, 0.5) is 0 Å². The summed E-state index contributed by atoms with van der Waals surface area (Å²) in [5.74, 6) is -0.273. The van der Waals surface area contributed by atoms with Crippen LogP contribution in [0.3, 0.4) is 0 Å². The zero-order chi connectivity index (χ0) is 14.3. The number of nitrogens with two attached hydrogens (primary N) is 2. The standard InChI is InChI=1S/C10H17BrN8/c11-8-2-6(4-16-18-9(12)13)1-7(3-8)5-17-19-10(14)15/h1-3,16-17H,4-5H2,(H4,12,13,18)(H4,14,15,19). The van der Waals surface area contributed by atoms with Gasteiger partial charge < -0.3 is 11.5 Å². The van der Waals surface area contributed by atoms with E-state index in [1.165, 1.54) is 0 Å². The lowest BCUT2D eigenvalue weighted by Crippen LogP contribution is -2.41. The predicted octanol–water partition coefficient (Wildman–Crippen LogP) is -0.576. The minimum Gasteiger partial charge on any atom is -0.369 e. The van der Waals surface area contributed by atoms with E-state index in [1.807, 2.05) is 18.2 Å². The maximum absolute atomic E-state index is 7.02. The molecule has 0 aromatic heterocycles. The Morgan fingerprint density at radius 3 is 1.74 bits per heavy atom. The van der Waals surface area contributed by atoms with E-state index in [9.17, 15) is 0 Å². The summed E-state index contributed by atoms with van der Waals surface area (Å²) in [7, 11) is 0. The minimum absolute atomic E-state index is 0.137. The van der Waals surface area contributed by atoms with E-state index in [4.69, 9.17) is 22.3 Å². The van der Waals surface area contributed by atoms with Crippen LogP contribution in [0.25, 0.3) is 0 Å². The van der Waals surface area contributed by atoms with Crippen LogP contribution in [0.5, 0.6) is 0 Å². The Balaban J connectivity index is 2.55. The predicted molar refractivity (Wildman–Crippen MR) is 77.9 cm³/mol. The third-order valence-corrected chi connectivity index (χ3v) is 2.51. The lowest BCUT2D eigenvalue weighted by atomic mass is 10.1. The molecule has 0 spiro atoms. The van der Waals surface area contributed by atoms with Crippen molar-refractivity contribution in [2.45, 2.75) is 13.1 Å². The summed E-state index contributed by atoms with van der Waals surface area (Å²) in [6.45, 7) is 1.04. The molecule has 104 valence electrons. The molecule has 1 aromatic carbocycles. The second kappa shape index (κ2) is 7.56. The van der Waals surface area contributed by atoms with Gasteiger partial charge in [0.05, 0.1) is 0 Å². The summed E-state index contributed by atoms with van der Waals surface area (Å²) in [4.78, 5) is 0. The highest BCUT2D eigenvalue weighted by atomic mass is 79.9. The third-order valence-electron chi connectivity index (χ3n) is 2.05. The summed E-state index contributed by atoms with van der Waals surface area (Å²) in [6, 6.07) is 5.89. The Labute approximate surface area is 119 Å². The van der Waals surface area contributed by atoms with Crippen molar-refractivity contribution >= 4 is 27.8 Å². The van der Waals surface area contributed by atoms with E-state index in [0.29, 0.717) is 13.1 Å². The zero-order valence-electron chi connectivity index (χ0n) is 10.2. The summed E-state index contributed by atoms with van der Waals surface area (Å²) in [6.07, 6.45) is 0. The molecule has 1 aromatic rings. The zero-order valence-corrected chi connectivity index (χ0v) is 11.8. The Kier molecular flexibility index (Phi) is 6.06. The fraction of sp³-hybridized carbons (Fsp3) is 0.200. The molecule has 1 rings (SSSR count). The second-order valence-corrected chi connectivity index (χ2v) is 4.67. The minimum atomic E-state index is -0.137. The first-order valence-electron chi connectivity index (χ1n) is 5.41. The Bertz CT molecular complexity index is 423. The smallest absolute Gasteiger partial charge is 0.200 e. The van der Waals surface area contributed by atoms with Crippen LogP contribution >= 0.6 is 15.9 Å². The molecule has 19 heavy (non-hydrogen) atoms. The van der Waals surface area contributed by atoms with Gasteiger partial charge in [0.1, 0.15) is 0 Å².